The van der Waals surface area contributed by atoms with Gasteiger partial charge in [0.05, 0.1) is 6.04 Å². The van der Waals surface area contributed by atoms with Crippen molar-refractivity contribution >= 4 is 24.2 Å². The van der Waals surface area contributed by atoms with Gasteiger partial charge < -0.3 is 15.5 Å². The number of hydrogen-bond acceptors (Lipinski definition) is 3. The second-order valence-corrected chi connectivity index (χ2v) is 8.34. The van der Waals surface area contributed by atoms with Gasteiger partial charge in [0.15, 0.2) is 0 Å². The SMILES string of the molecule is Cl.O=C(NCC1CCCN(C(=O)c2ccc3c(c2)CCCC3)C1)C1CCCN1. The van der Waals surface area contributed by atoms with Gasteiger partial charge in [-0.2, -0.15) is 0 Å². The summed E-state index contributed by atoms with van der Waals surface area (Å²) in [4.78, 5) is 27.2. The molecule has 2 fully saturated rings. The highest BCUT2D eigenvalue weighted by Gasteiger charge is 2.27. The lowest BCUT2D eigenvalue weighted by atomic mass is 9.90. The van der Waals surface area contributed by atoms with Crippen molar-refractivity contribution in [1.82, 2.24) is 15.5 Å². The average molecular weight is 406 g/mol. The number of hydrogen-bond donors (Lipinski definition) is 2. The number of carbonyl (C=O) groups is 2. The fraction of sp³-hybridized carbons (Fsp3) is 0.636. The van der Waals surface area contributed by atoms with Crippen molar-refractivity contribution < 1.29 is 9.59 Å². The van der Waals surface area contributed by atoms with Crippen LogP contribution in [0.25, 0.3) is 0 Å². The molecule has 2 heterocycles. The summed E-state index contributed by atoms with van der Waals surface area (Å²) in [5.41, 5.74) is 3.60. The quantitative estimate of drug-likeness (QED) is 0.809. The van der Waals surface area contributed by atoms with E-state index in [9.17, 15) is 9.59 Å². The fourth-order valence-electron chi connectivity index (χ4n) is 4.74. The van der Waals surface area contributed by atoms with E-state index < -0.39 is 0 Å². The van der Waals surface area contributed by atoms with Gasteiger partial charge in [0.1, 0.15) is 0 Å². The van der Waals surface area contributed by atoms with Crippen LogP contribution in [0.1, 0.15) is 60.0 Å². The van der Waals surface area contributed by atoms with E-state index in [-0.39, 0.29) is 30.3 Å². The molecule has 28 heavy (non-hydrogen) atoms. The predicted octanol–water partition coefficient (Wildman–Crippen LogP) is 2.71. The number of carbonyl (C=O) groups excluding carboxylic acids is 2. The highest BCUT2D eigenvalue weighted by Crippen LogP contribution is 2.24. The number of nitrogens with one attached hydrogen (secondary N) is 2. The Morgan fingerprint density at radius 1 is 1.07 bits per heavy atom. The molecule has 2 unspecified atom stereocenters. The fourth-order valence-corrected chi connectivity index (χ4v) is 4.74. The van der Waals surface area contributed by atoms with Crippen molar-refractivity contribution in [2.24, 2.45) is 5.92 Å². The summed E-state index contributed by atoms with van der Waals surface area (Å²) in [7, 11) is 0. The van der Waals surface area contributed by atoms with E-state index in [0.29, 0.717) is 12.5 Å². The Balaban J connectivity index is 0.00000225. The zero-order valence-corrected chi connectivity index (χ0v) is 17.4. The summed E-state index contributed by atoms with van der Waals surface area (Å²) in [5, 5.41) is 6.34. The predicted molar refractivity (Wildman–Crippen MR) is 113 cm³/mol. The summed E-state index contributed by atoms with van der Waals surface area (Å²) in [6.07, 6.45) is 8.82. The molecule has 6 heteroatoms. The average Bonchev–Trinajstić information content (AvgIpc) is 3.26. The summed E-state index contributed by atoms with van der Waals surface area (Å²) >= 11 is 0. The Labute approximate surface area is 174 Å². The number of halogens is 1. The van der Waals surface area contributed by atoms with Crippen LogP contribution >= 0.6 is 12.4 Å². The zero-order valence-electron chi connectivity index (χ0n) is 16.5. The van der Waals surface area contributed by atoms with E-state index >= 15 is 0 Å². The molecule has 1 aromatic rings. The third-order valence-electron chi connectivity index (χ3n) is 6.34. The molecule has 2 saturated heterocycles. The highest BCUT2D eigenvalue weighted by molar-refractivity contribution is 5.94. The summed E-state index contributed by atoms with van der Waals surface area (Å²) in [6.45, 7) is 3.17. The molecule has 5 nitrogen and oxygen atoms in total. The molecule has 0 spiro atoms. The van der Waals surface area contributed by atoms with Gasteiger partial charge in [0.2, 0.25) is 5.91 Å². The smallest absolute Gasteiger partial charge is 0.253 e. The van der Waals surface area contributed by atoms with Crippen LogP contribution in [0.3, 0.4) is 0 Å². The first-order valence-electron chi connectivity index (χ1n) is 10.6. The number of amides is 2. The topological polar surface area (TPSA) is 61.4 Å². The van der Waals surface area contributed by atoms with Gasteiger partial charge in [0, 0.05) is 25.2 Å². The van der Waals surface area contributed by atoms with E-state index in [4.69, 9.17) is 0 Å². The number of piperidine rings is 1. The van der Waals surface area contributed by atoms with Crippen LogP contribution in [0.2, 0.25) is 0 Å². The van der Waals surface area contributed by atoms with Crippen molar-refractivity contribution in [3.05, 3.63) is 34.9 Å². The molecule has 0 aromatic heterocycles. The molecule has 1 aromatic carbocycles. The number of benzene rings is 1. The molecule has 2 aliphatic heterocycles. The first-order valence-corrected chi connectivity index (χ1v) is 10.6. The van der Waals surface area contributed by atoms with Crippen LogP contribution in [0.5, 0.6) is 0 Å². The van der Waals surface area contributed by atoms with Crippen molar-refractivity contribution in [2.75, 3.05) is 26.2 Å². The third kappa shape index (κ3) is 4.87. The largest absolute Gasteiger partial charge is 0.354 e. The lowest BCUT2D eigenvalue weighted by molar-refractivity contribution is -0.123. The van der Waals surface area contributed by atoms with E-state index in [1.165, 1.54) is 24.0 Å². The van der Waals surface area contributed by atoms with E-state index in [0.717, 1.165) is 63.7 Å². The maximum atomic E-state index is 13.0. The molecule has 0 saturated carbocycles. The highest BCUT2D eigenvalue weighted by atomic mass is 35.5. The van der Waals surface area contributed by atoms with Gasteiger partial charge in [-0.3, -0.25) is 9.59 Å². The number of nitrogens with zero attached hydrogens (tertiary/aromatic N) is 1. The van der Waals surface area contributed by atoms with Crippen LogP contribution < -0.4 is 10.6 Å². The lowest BCUT2D eigenvalue weighted by Gasteiger charge is -2.33. The minimum absolute atomic E-state index is 0. The molecule has 2 N–H and O–H groups in total. The second kappa shape index (κ2) is 9.75. The summed E-state index contributed by atoms with van der Waals surface area (Å²) < 4.78 is 0. The molecule has 0 bridgehead atoms. The molecular weight excluding hydrogens is 374 g/mol. The number of fused-ring (bicyclic) bond motifs is 1. The molecule has 154 valence electrons. The van der Waals surface area contributed by atoms with Crippen LogP contribution in [-0.2, 0) is 17.6 Å². The monoisotopic (exact) mass is 405 g/mol. The van der Waals surface area contributed by atoms with E-state index in [1.54, 1.807) is 0 Å². The number of likely N-dealkylation sites (tertiary alicyclic amines) is 1. The van der Waals surface area contributed by atoms with Crippen LogP contribution in [0.15, 0.2) is 18.2 Å². The molecular formula is C22H32ClN3O2. The maximum Gasteiger partial charge on any atom is 0.253 e. The van der Waals surface area contributed by atoms with Crippen LogP contribution in [0.4, 0.5) is 0 Å². The van der Waals surface area contributed by atoms with Crippen LogP contribution in [-0.4, -0.2) is 48.9 Å². The minimum atomic E-state index is -0.0261. The zero-order chi connectivity index (χ0) is 18.6. The standard InChI is InChI=1S/C22H31N3O2.ClH/c26-21(20-8-3-11-23-20)24-14-16-5-4-12-25(15-16)22(27)19-10-9-17-6-1-2-7-18(17)13-19;/h9-10,13,16,20,23H,1-8,11-12,14-15H2,(H,24,26);1H. The first-order chi connectivity index (χ1) is 13.2. The lowest BCUT2D eigenvalue weighted by Crippen LogP contribution is -2.46. The van der Waals surface area contributed by atoms with Gasteiger partial charge in [-0.15, -0.1) is 12.4 Å². The second-order valence-electron chi connectivity index (χ2n) is 8.34. The Morgan fingerprint density at radius 3 is 2.68 bits per heavy atom. The summed E-state index contributed by atoms with van der Waals surface area (Å²) in [5.74, 6) is 0.619. The van der Waals surface area contributed by atoms with Crippen molar-refractivity contribution in [2.45, 2.75) is 57.4 Å². The van der Waals surface area contributed by atoms with Gasteiger partial charge in [-0.25, -0.2) is 0 Å². The summed E-state index contributed by atoms with van der Waals surface area (Å²) in [6, 6.07) is 6.25. The Hall–Kier alpha value is -1.59. The van der Waals surface area contributed by atoms with Gasteiger partial charge in [-0.05, 0) is 87.1 Å². The number of aryl methyl sites for hydroxylation is 2. The molecule has 2 atom stereocenters. The third-order valence-corrected chi connectivity index (χ3v) is 6.34. The Morgan fingerprint density at radius 2 is 1.89 bits per heavy atom. The Bertz CT molecular complexity index is 703. The number of rotatable bonds is 4. The van der Waals surface area contributed by atoms with Gasteiger partial charge in [-0.1, -0.05) is 6.07 Å². The first kappa shape index (κ1) is 21.1. The molecule has 0 radical (unpaired) electrons. The normalized spacial score (nSPS) is 24.2. The van der Waals surface area contributed by atoms with E-state index in [1.807, 2.05) is 11.0 Å². The molecule has 3 aliphatic rings. The molecule has 4 rings (SSSR count). The minimum Gasteiger partial charge on any atom is -0.354 e. The van der Waals surface area contributed by atoms with E-state index in [2.05, 4.69) is 22.8 Å². The maximum absolute atomic E-state index is 13.0. The van der Waals surface area contributed by atoms with Crippen molar-refractivity contribution in [3.63, 3.8) is 0 Å². The molecule has 1 aliphatic carbocycles. The van der Waals surface area contributed by atoms with Crippen molar-refractivity contribution in [3.8, 4) is 0 Å². The van der Waals surface area contributed by atoms with Crippen LogP contribution in [0, 0.1) is 5.92 Å². The van der Waals surface area contributed by atoms with Gasteiger partial charge >= 0.3 is 0 Å². The van der Waals surface area contributed by atoms with Gasteiger partial charge in [0.25, 0.3) is 5.91 Å². The Kier molecular flexibility index (Phi) is 7.36. The molecule has 2 amide bonds. The van der Waals surface area contributed by atoms with Crippen molar-refractivity contribution in [1.29, 1.82) is 0 Å².